The van der Waals surface area contributed by atoms with Gasteiger partial charge in [0.1, 0.15) is 17.2 Å². The van der Waals surface area contributed by atoms with Gasteiger partial charge in [0.2, 0.25) is 0 Å². The minimum atomic E-state index is -0.800. The van der Waals surface area contributed by atoms with E-state index < -0.39 is 11.6 Å². The van der Waals surface area contributed by atoms with Gasteiger partial charge in [-0.3, -0.25) is 0 Å². The van der Waals surface area contributed by atoms with Gasteiger partial charge in [-0.2, -0.15) is 4.98 Å². The summed E-state index contributed by atoms with van der Waals surface area (Å²) in [5.41, 5.74) is 4.79. The molecule has 78 valence electrons. The number of anilines is 1. The molecule has 0 fully saturated rings. The third kappa shape index (κ3) is 1.82. The smallest absolute Gasteiger partial charge is 0.265 e. The molecule has 0 atom stereocenters. The third-order valence-electron chi connectivity index (χ3n) is 1.66. The van der Waals surface area contributed by atoms with Crippen molar-refractivity contribution >= 4 is 21.9 Å². The molecule has 15 heavy (non-hydrogen) atoms. The van der Waals surface area contributed by atoms with Gasteiger partial charge in [0.05, 0.1) is 0 Å². The SMILES string of the molecule is Nc1noc(-c2c(F)cc(Br)cc2F)n1. The van der Waals surface area contributed by atoms with Crippen LogP contribution < -0.4 is 5.73 Å². The topological polar surface area (TPSA) is 64.9 Å². The second-order valence-corrected chi connectivity index (χ2v) is 3.62. The minimum Gasteiger partial charge on any atom is -0.365 e. The lowest BCUT2D eigenvalue weighted by atomic mass is 10.2. The van der Waals surface area contributed by atoms with E-state index in [2.05, 4.69) is 30.6 Å². The normalized spacial score (nSPS) is 10.6. The monoisotopic (exact) mass is 275 g/mol. The Labute approximate surface area is 91.2 Å². The lowest BCUT2D eigenvalue weighted by Crippen LogP contribution is -1.91. The van der Waals surface area contributed by atoms with E-state index >= 15 is 0 Å². The average molecular weight is 276 g/mol. The fourth-order valence-electron chi connectivity index (χ4n) is 1.08. The highest BCUT2D eigenvalue weighted by Crippen LogP contribution is 2.27. The molecule has 2 aromatic rings. The van der Waals surface area contributed by atoms with Crippen LogP contribution in [0.5, 0.6) is 0 Å². The molecule has 1 aromatic carbocycles. The van der Waals surface area contributed by atoms with Crippen molar-refractivity contribution in [3.8, 4) is 11.5 Å². The van der Waals surface area contributed by atoms with Gasteiger partial charge in [0.15, 0.2) is 0 Å². The maximum Gasteiger partial charge on any atom is 0.265 e. The van der Waals surface area contributed by atoms with Crippen LogP contribution in [0, 0.1) is 11.6 Å². The summed E-state index contributed by atoms with van der Waals surface area (Å²) in [6.45, 7) is 0. The molecule has 1 heterocycles. The molecule has 0 aliphatic carbocycles. The zero-order valence-corrected chi connectivity index (χ0v) is 8.75. The van der Waals surface area contributed by atoms with Crippen molar-refractivity contribution in [2.24, 2.45) is 0 Å². The Balaban J connectivity index is 2.62. The molecule has 0 aliphatic heterocycles. The lowest BCUT2D eigenvalue weighted by Gasteiger charge is -1.99. The fourth-order valence-corrected chi connectivity index (χ4v) is 1.48. The summed E-state index contributed by atoms with van der Waals surface area (Å²) >= 11 is 2.95. The summed E-state index contributed by atoms with van der Waals surface area (Å²) in [5.74, 6) is -2.06. The molecule has 0 aliphatic rings. The molecule has 1 aromatic heterocycles. The van der Waals surface area contributed by atoms with E-state index in [1.807, 2.05) is 0 Å². The molecule has 0 unspecified atom stereocenters. The molecule has 0 amide bonds. The summed E-state index contributed by atoms with van der Waals surface area (Å²) < 4.78 is 31.6. The Kier molecular flexibility index (Phi) is 2.39. The number of rotatable bonds is 1. The summed E-state index contributed by atoms with van der Waals surface area (Å²) in [6.07, 6.45) is 0. The van der Waals surface area contributed by atoms with Gasteiger partial charge in [-0.15, -0.1) is 0 Å². The molecule has 7 heteroatoms. The number of nitrogen functional groups attached to an aromatic ring is 1. The number of nitrogens with two attached hydrogens (primary N) is 1. The standard InChI is InChI=1S/C8H4BrF2N3O/c9-3-1-4(10)6(5(11)2-3)7-13-8(12)14-15-7/h1-2H,(H2,12,14). The van der Waals surface area contributed by atoms with E-state index in [0.29, 0.717) is 0 Å². The maximum atomic E-state index is 13.4. The first kappa shape index (κ1) is 10.0. The van der Waals surface area contributed by atoms with Crippen LogP contribution in [-0.2, 0) is 0 Å². The number of hydrogen-bond donors (Lipinski definition) is 1. The van der Waals surface area contributed by atoms with E-state index in [1.54, 1.807) is 0 Å². The Hall–Kier alpha value is -1.50. The van der Waals surface area contributed by atoms with Gasteiger partial charge in [-0.1, -0.05) is 15.9 Å². The van der Waals surface area contributed by atoms with Crippen LogP contribution in [0.25, 0.3) is 11.5 Å². The highest BCUT2D eigenvalue weighted by atomic mass is 79.9. The molecule has 2 N–H and O–H groups in total. The Bertz CT molecular complexity index is 491. The molecule has 0 saturated carbocycles. The van der Waals surface area contributed by atoms with Crippen molar-refractivity contribution in [2.45, 2.75) is 0 Å². The zero-order valence-electron chi connectivity index (χ0n) is 7.17. The molecule has 4 nitrogen and oxygen atoms in total. The molecule has 0 saturated heterocycles. The van der Waals surface area contributed by atoms with Crippen molar-refractivity contribution in [2.75, 3.05) is 5.73 Å². The van der Waals surface area contributed by atoms with Crippen LogP contribution in [0.2, 0.25) is 0 Å². The molecule has 0 spiro atoms. The highest BCUT2D eigenvalue weighted by molar-refractivity contribution is 9.10. The third-order valence-corrected chi connectivity index (χ3v) is 2.12. The van der Waals surface area contributed by atoms with E-state index in [-0.39, 0.29) is 21.9 Å². The quantitative estimate of drug-likeness (QED) is 0.868. The van der Waals surface area contributed by atoms with Crippen LogP contribution in [0.15, 0.2) is 21.1 Å². The number of hydrogen-bond acceptors (Lipinski definition) is 4. The Morgan fingerprint density at radius 3 is 2.33 bits per heavy atom. The van der Waals surface area contributed by atoms with Gasteiger partial charge in [0, 0.05) is 4.47 Å². The highest BCUT2D eigenvalue weighted by Gasteiger charge is 2.18. The molecular formula is C8H4BrF2N3O. The molecule has 0 radical (unpaired) electrons. The van der Waals surface area contributed by atoms with Gasteiger partial charge in [0.25, 0.3) is 11.8 Å². The van der Waals surface area contributed by atoms with Crippen LogP contribution in [-0.4, -0.2) is 10.1 Å². The second-order valence-electron chi connectivity index (χ2n) is 2.70. The van der Waals surface area contributed by atoms with Gasteiger partial charge >= 0.3 is 0 Å². The Morgan fingerprint density at radius 2 is 1.87 bits per heavy atom. The van der Waals surface area contributed by atoms with Crippen molar-refractivity contribution in [1.29, 1.82) is 0 Å². The first-order valence-corrected chi connectivity index (χ1v) is 4.61. The van der Waals surface area contributed by atoms with Crippen LogP contribution in [0.1, 0.15) is 0 Å². The summed E-state index contributed by atoms with van der Waals surface area (Å²) in [5, 5.41) is 3.24. The van der Waals surface area contributed by atoms with Gasteiger partial charge in [-0.25, -0.2) is 8.78 Å². The van der Waals surface area contributed by atoms with E-state index in [0.717, 1.165) is 12.1 Å². The summed E-state index contributed by atoms with van der Waals surface area (Å²) in [4.78, 5) is 3.54. The number of benzene rings is 1. The fraction of sp³-hybridized carbons (Fsp3) is 0. The van der Waals surface area contributed by atoms with Crippen molar-refractivity contribution in [1.82, 2.24) is 10.1 Å². The first-order chi connectivity index (χ1) is 7.08. The van der Waals surface area contributed by atoms with Gasteiger partial charge in [-0.05, 0) is 17.3 Å². The van der Waals surface area contributed by atoms with Gasteiger partial charge < -0.3 is 10.3 Å². The van der Waals surface area contributed by atoms with Crippen LogP contribution >= 0.6 is 15.9 Å². The van der Waals surface area contributed by atoms with Crippen molar-refractivity contribution < 1.29 is 13.3 Å². The predicted molar refractivity (Wildman–Crippen MR) is 51.8 cm³/mol. The second kappa shape index (κ2) is 3.58. The van der Waals surface area contributed by atoms with E-state index in [1.165, 1.54) is 0 Å². The maximum absolute atomic E-state index is 13.4. The molecule has 0 bridgehead atoms. The van der Waals surface area contributed by atoms with Crippen molar-refractivity contribution in [3.63, 3.8) is 0 Å². The number of halogens is 3. The molecular weight excluding hydrogens is 272 g/mol. The zero-order chi connectivity index (χ0) is 11.0. The summed E-state index contributed by atoms with van der Waals surface area (Å²) in [7, 11) is 0. The summed E-state index contributed by atoms with van der Waals surface area (Å²) in [6, 6.07) is 2.19. The predicted octanol–water partition coefficient (Wildman–Crippen LogP) is 2.36. The van der Waals surface area contributed by atoms with Crippen LogP contribution in [0.3, 0.4) is 0 Å². The minimum absolute atomic E-state index is 0.174. The largest absolute Gasteiger partial charge is 0.365 e. The molecule has 2 rings (SSSR count). The van der Waals surface area contributed by atoms with Crippen LogP contribution in [0.4, 0.5) is 14.7 Å². The van der Waals surface area contributed by atoms with E-state index in [9.17, 15) is 8.78 Å². The van der Waals surface area contributed by atoms with Crippen molar-refractivity contribution in [3.05, 3.63) is 28.2 Å². The lowest BCUT2D eigenvalue weighted by molar-refractivity contribution is 0.427. The first-order valence-electron chi connectivity index (χ1n) is 3.82. The Morgan fingerprint density at radius 1 is 1.27 bits per heavy atom. The number of nitrogens with zero attached hydrogens (tertiary/aromatic N) is 2. The number of aromatic nitrogens is 2. The average Bonchev–Trinajstić information content (AvgIpc) is 2.49. The van der Waals surface area contributed by atoms with E-state index in [4.69, 9.17) is 5.73 Å².